The molecular weight excluding hydrogens is 534 g/mol. The van der Waals surface area contributed by atoms with Gasteiger partial charge in [0.15, 0.2) is 18.0 Å². The minimum absolute atomic E-state index is 0.0151. The Kier molecular flexibility index (Phi) is 16.9. The van der Waals surface area contributed by atoms with Crippen molar-refractivity contribution < 1.29 is 39.3 Å². The van der Waals surface area contributed by atoms with Crippen molar-refractivity contribution in [2.75, 3.05) is 26.2 Å². The summed E-state index contributed by atoms with van der Waals surface area (Å²) in [4.78, 5) is 61.4. The SMILES string of the molecule is C[C@@H](O)[C@H](NC(=O)[C@H](CCCNC(=N)N)NC(=O)CNC(=O)[C@H](CCCNC(=N)N)NC(=O)[C@@H](N)CO)C(=O)O. The molecule has 5 atom stereocenters. The number of nitrogens with two attached hydrogens (primary N) is 3. The minimum Gasteiger partial charge on any atom is -0.480 e. The molecule has 19 nitrogen and oxygen atoms in total. The van der Waals surface area contributed by atoms with Gasteiger partial charge >= 0.3 is 5.97 Å². The van der Waals surface area contributed by atoms with Crippen molar-refractivity contribution in [3.8, 4) is 0 Å². The van der Waals surface area contributed by atoms with Crippen molar-refractivity contribution in [3.63, 3.8) is 0 Å². The molecule has 0 radical (unpaired) electrons. The second-order valence-corrected chi connectivity index (χ2v) is 8.72. The first-order chi connectivity index (χ1) is 18.7. The Morgan fingerprint density at radius 2 is 1.30 bits per heavy atom. The third-order valence-electron chi connectivity index (χ3n) is 5.26. The van der Waals surface area contributed by atoms with Crippen molar-refractivity contribution in [1.29, 1.82) is 10.8 Å². The largest absolute Gasteiger partial charge is 0.480 e. The van der Waals surface area contributed by atoms with Crippen LogP contribution in [0.2, 0.25) is 0 Å². The number of amides is 4. The number of aliphatic hydroxyl groups excluding tert-OH is 2. The zero-order valence-corrected chi connectivity index (χ0v) is 22.2. The van der Waals surface area contributed by atoms with E-state index in [2.05, 4.69) is 31.9 Å². The molecule has 0 aromatic rings. The molecule has 17 N–H and O–H groups in total. The second-order valence-electron chi connectivity index (χ2n) is 8.72. The lowest BCUT2D eigenvalue weighted by Crippen LogP contribution is -2.56. The molecule has 0 aromatic heterocycles. The molecule has 40 heavy (non-hydrogen) atoms. The van der Waals surface area contributed by atoms with Gasteiger partial charge < -0.3 is 64.4 Å². The van der Waals surface area contributed by atoms with Crippen LogP contribution in [0.4, 0.5) is 0 Å². The van der Waals surface area contributed by atoms with Gasteiger partial charge in [-0.2, -0.15) is 0 Å². The summed E-state index contributed by atoms with van der Waals surface area (Å²) in [5.74, 6) is -5.42. The molecule has 0 rings (SSSR count). The molecule has 0 aliphatic heterocycles. The lowest BCUT2D eigenvalue weighted by atomic mass is 10.1. The molecule has 0 heterocycles. The summed E-state index contributed by atoms with van der Waals surface area (Å²) < 4.78 is 0. The molecular formula is C21H41N11O8. The van der Waals surface area contributed by atoms with Gasteiger partial charge in [0.25, 0.3) is 0 Å². The van der Waals surface area contributed by atoms with E-state index < -0.39 is 73.0 Å². The molecule has 228 valence electrons. The Hall–Kier alpha value is -4.23. The number of carboxylic acid groups (broad SMARTS) is 1. The number of guanidine groups is 2. The van der Waals surface area contributed by atoms with Crippen LogP contribution in [0.1, 0.15) is 32.6 Å². The summed E-state index contributed by atoms with van der Waals surface area (Å²) in [6.07, 6.45) is -0.887. The highest BCUT2D eigenvalue weighted by Crippen LogP contribution is 2.02. The smallest absolute Gasteiger partial charge is 0.328 e. The van der Waals surface area contributed by atoms with E-state index in [-0.39, 0.29) is 50.7 Å². The topological polar surface area (TPSA) is 344 Å². The number of hydrogen-bond donors (Lipinski definition) is 14. The molecule has 0 aromatic carbocycles. The van der Waals surface area contributed by atoms with Crippen molar-refractivity contribution in [2.24, 2.45) is 17.2 Å². The van der Waals surface area contributed by atoms with Crippen molar-refractivity contribution >= 4 is 41.5 Å². The maximum atomic E-state index is 12.7. The lowest BCUT2D eigenvalue weighted by Gasteiger charge is -2.23. The van der Waals surface area contributed by atoms with Crippen LogP contribution in [0.25, 0.3) is 0 Å². The number of nitrogens with one attached hydrogen (secondary N) is 8. The molecule has 0 aliphatic carbocycles. The van der Waals surface area contributed by atoms with Crippen LogP contribution in [-0.2, 0) is 24.0 Å². The van der Waals surface area contributed by atoms with Crippen LogP contribution in [0.15, 0.2) is 0 Å². The minimum atomic E-state index is -1.64. The quantitative estimate of drug-likeness (QED) is 0.0387. The van der Waals surface area contributed by atoms with Crippen LogP contribution in [-0.4, -0.2) is 113 Å². The van der Waals surface area contributed by atoms with Crippen LogP contribution >= 0.6 is 0 Å². The summed E-state index contributed by atoms with van der Waals surface area (Å²) in [5.41, 5.74) is 15.9. The predicted octanol–water partition coefficient (Wildman–Crippen LogP) is -6.13. The number of carbonyl (C=O) groups is 5. The Bertz CT molecular complexity index is 902. The fourth-order valence-electron chi connectivity index (χ4n) is 3.14. The fraction of sp³-hybridized carbons (Fsp3) is 0.667. The highest BCUT2D eigenvalue weighted by molar-refractivity contribution is 5.94. The molecule has 19 heteroatoms. The first-order valence-electron chi connectivity index (χ1n) is 12.3. The van der Waals surface area contributed by atoms with Gasteiger partial charge in [-0.15, -0.1) is 0 Å². The monoisotopic (exact) mass is 575 g/mol. The number of aliphatic carboxylic acids is 1. The van der Waals surface area contributed by atoms with E-state index in [0.29, 0.717) is 0 Å². The van der Waals surface area contributed by atoms with Gasteiger partial charge in [0, 0.05) is 13.1 Å². The van der Waals surface area contributed by atoms with Gasteiger partial charge in [-0.3, -0.25) is 30.0 Å². The van der Waals surface area contributed by atoms with Crippen molar-refractivity contribution in [3.05, 3.63) is 0 Å². The van der Waals surface area contributed by atoms with E-state index in [1.165, 1.54) is 0 Å². The van der Waals surface area contributed by atoms with E-state index in [4.69, 9.17) is 33.1 Å². The molecule has 0 unspecified atom stereocenters. The maximum absolute atomic E-state index is 12.7. The zero-order chi connectivity index (χ0) is 30.8. The standard InChI is InChI=1S/C21H41N11O8/c1-10(34)15(19(39)40)32-18(38)13(5-3-7-28-21(25)26)30-14(35)8-29-17(37)12(4-2-6-27-20(23)24)31-16(36)11(22)9-33/h10-13,15,33-34H,2-9,22H2,1H3,(H,29,37)(H,30,35)(H,31,36)(H,32,38)(H,39,40)(H4,23,24,27)(H4,25,26,28)/t10-,11+,12+,13+,15+/m1/s1. The first-order valence-corrected chi connectivity index (χ1v) is 12.3. The Balaban J connectivity index is 5.31. The fourth-order valence-corrected chi connectivity index (χ4v) is 3.14. The van der Waals surface area contributed by atoms with E-state index in [1.54, 1.807) is 0 Å². The maximum Gasteiger partial charge on any atom is 0.328 e. The Morgan fingerprint density at radius 1 is 0.800 bits per heavy atom. The summed E-state index contributed by atoms with van der Waals surface area (Å²) >= 11 is 0. The molecule has 0 bridgehead atoms. The molecule has 0 spiro atoms. The van der Waals surface area contributed by atoms with Crippen LogP contribution < -0.4 is 49.1 Å². The first kappa shape index (κ1) is 35.8. The van der Waals surface area contributed by atoms with Gasteiger partial charge in [0.1, 0.15) is 18.1 Å². The van der Waals surface area contributed by atoms with Gasteiger partial charge in [-0.25, -0.2) is 4.79 Å². The van der Waals surface area contributed by atoms with E-state index in [9.17, 15) is 34.2 Å². The summed E-state index contributed by atoms with van der Waals surface area (Å²) in [6, 6.07) is -5.36. The molecule has 0 saturated heterocycles. The summed E-state index contributed by atoms with van der Waals surface area (Å²) in [6.45, 7) is 0.244. The van der Waals surface area contributed by atoms with Gasteiger partial charge in [0.2, 0.25) is 23.6 Å². The summed E-state index contributed by atoms with van der Waals surface area (Å²) in [5, 5.41) is 56.5. The summed E-state index contributed by atoms with van der Waals surface area (Å²) in [7, 11) is 0. The number of aliphatic hydroxyl groups is 2. The predicted molar refractivity (Wildman–Crippen MR) is 141 cm³/mol. The third-order valence-corrected chi connectivity index (χ3v) is 5.26. The van der Waals surface area contributed by atoms with Gasteiger partial charge in [-0.1, -0.05) is 0 Å². The molecule has 4 amide bonds. The highest BCUT2D eigenvalue weighted by Gasteiger charge is 2.30. The van der Waals surface area contributed by atoms with Gasteiger partial charge in [-0.05, 0) is 32.6 Å². The lowest BCUT2D eigenvalue weighted by molar-refractivity contribution is -0.145. The van der Waals surface area contributed by atoms with Crippen molar-refractivity contribution in [2.45, 2.75) is 62.9 Å². The number of carboxylic acids is 1. The number of rotatable bonds is 19. The van der Waals surface area contributed by atoms with Crippen LogP contribution in [0, 0.1) is 10.8 Å². The highest BCUT2D eigenvalue weighted by atomic mass is 16.4. The molecule has 0 fully saturated rings. The molecule has 0 saturated carbocycles. The Labute approximate surface area is 230 Å². The Morgan fingerprint density at radius 3 is 1.73 bits per heavy atom. The number of hydrogen-bond acceptors (Lipinski definition) is 10. The van der Waals surface area contributed by atoms with E-state index >= 15 is 0 Å². The second kappa shape index (κ2) is 18.9. The van der Waals surface area contributed by atoms with Crippen molar-refractivity contribution in [1.82, 2.24) is 31.9 Å². The van der Waals surface area contributed by atoms with E-state index in [1.807, 2.05) is 0 Å². The molecule has 0 aliphatic rings. The average Bonchev–Trinajstić information content (AvgIpc) is 2.87. The zero-order valence-electron chi connectivity index (χ0n) is 22.2. The average molecular weight is 576 g/mol. The normalized spacial score (nSPS) is 14.3. The number of carbonyl (C=O) groups excluding carboxylic acids is 4. The third kappa shape index (κ3) is 15.2. The van der Waals surface area contributed by atoms with E-state index in [0.717, 1.165) is 6.92 Å². The van der Waals surface area contributed by atoms with Gasteiger partial charge in [0.05, 0.1) is 19.3 Å². The van der Waals surface area contributed by atoms with Crippen LogP contribution in [0.5, 0.6) is 0 Å². The van der Waals surface area contributed by atoms with Crippen LogP contribution in [0.3, 0.4) is 0 Å².